The van der Waals surface area contributed by atoms with Gasteiger partial charge in [-0.3, -0.25) is 4.79 Å². The molecule has 0 saturated heterocycles. The van der Waals surface area contributed by atoms with Crippen LogP contribution in [-0.4, -0.2) is 25.3 Å². The maximum atomic E-state index is 10.5. The van der Waals surface area contributed by atoms with Crippen molar-refractivity contribution >= 4 is 5.97 Å². The summed E-state index contributed by atoms with van der Waals surface area (Å²) in [7, 11) is 3.17. The number of aryl methyl sites for hydroxylation is 1. The number of hydrogen-bond acceptors (Lipinski definition) is 3. The first-order valence-corrected chi connectivity index (χ1v) is 5.01. The average Bonchev–Trinajstić information content (AvgIpc) is 2.27. The van der Waals surface area contributed by atoms with E-state index in [2.05, 4.69) is 0 Å². The van der Waals surface area contributed by atoms with Crippen molar-refractivity contribution in [1.29, 1.82) is 0 Å². The number of rotatable bonds is 5. The summed E-state index contributed by atoms with van der Waals surface area (Å²) in [6.07, 6.45) is 0.581. The van der Waals surface area contributed by atoms with E-state index in [1.807, 2.05) is 19.1 Å². The van der Waals surface area contributed by atoms with Crippen LogP contribution in [-0.2, 0) is 11.2 Å². The zero-order valence-electron chi connectivity index (χ0n) is 9.74. The van der Waals surface area contributed by atoms with Crippen LogP contribution in [0.3, 0.4) is 0 Å². The number of carboxylic acids is 1. The van der Waals surface area contributed by atoms with E-state index in [-0.39, 0.29) is 6.42 Å². The van der Waals surface area contributed by atoms with Crippen LogP contribution in [0.25, 0.3) is 0 Å². The van der Waals surface area contributed by atoms with E-state index in [1.54, 1.807) is 14.2 Å². The lowest BCUT2D eigenvalue weighted by Gasteiger charge is -2.12. The third-order valence-corrected chi connectivity index (χ3v) is 2.44. The SMILES string of the molecule is COc1cc(CCC(=O)O)cc(OC)c1C. The second-order valence-electron chi connectivity index (χ2n) is 3.52. The van der Waals surface area contributed by atoms with E-state index in [9.17, 15) is 4.79 Å². The van der Waals surface area contributed by atoms with Crippen LogP contribution >= 0.6 is 0 Å². The molecular formula is C12H16O4. The highest BCUT2D eigenvalue weighted by Crippen LogP contribution is 2.29. The average molecular weight is 224 g/mol. The molecule has 88 valence electrons. The van der Waals surface area contributed by atoms with Gasteiger partial charge in [0.05, 0.1) is 14.2 Å². The van der Waals surface area contributed by atoms with Crippen LogP contribution in [0.2, 0.25) is 0 Å². The summed E-state index contributed by atoms with van der Waals surface area (Å²) in [5.41, 5.74) is 1.82. The molecule has 1 aromatic rings. The molecule has 16 heavy (non-hydrogen) atoms. The molecule has 0 atom stereocenters. The van der Waals surface area contributed by atoms with Crippen LogP contribution < -0.4 is 9.47 Å². The Labute approximate surface area is 94.8 Å². The maximum Gasteiger partial charge on any atom is 0.303 e. The van der Waals surface area contributed by atoms with Crippen LogP contribution in [0.5, 0.6) is 11.5 Å². The summed E-state index contributed by atoms with van der Waals surface area (Å²) in [5.74, 6) is 0.637. The van der Waals surface area contributed by atoms with Crippen molar-refractivity contribution in [1.82, 2.24) is 0 Å². The molecule has 4 heteroatoms. The second-order valence-corrected chi connectivity index (χ2v) is 3.52. The topological polar surface area (TPSA) is 55.8 Å². The Hall–Kier alpha value is -1.71. The fourth-order valence-corrected chi connectivity index (χ4v) is 1.54. The largest absolute Gasteiger partial charge is 0.496 e. The molecule has 4 nitrogen and oxygen atoms in total. The number of methoxy groups -OCH3 is 2. The zero-order chi connectivity index (χ0) is 12.1. The summed E-state index contributed by atoms with van der Waals surface area (Å²) in [6.45, 7) is 1.90. The normalized spacial score (nSPS) is 9.94. The number of aliphatic carboxylic acids is 1. The van der Waals surface area contributed by atoms with Crippen molar-refractivity contribution < 1.29 is 19.4 Å². The van der Waals surface area contributed by atoms with Gasteiger partial charge in [0.15, 0.2) is 0 Å². The molecule has 0 unspecified atom stereocenters. The predicted molar refractivity (Wildman–Crippen MR) is 60.2 cm³/mol. The molecule has 0 aromatic heterocycles. The molecule has 1 N–H and O–H groups in total. The van der Waals surface area contributed by atoms with Crippen molar-refractivity contribution in [2.45, 2.75) is 19.8 Å². The van der Waals surface area contributed by atoms with Gasteiger partial charge in [-0.1, -0.05) is 0 Å². The molecule has 0 aliphatic rings. The van der Waals surface area contributed by atoms with E-state index in [4.69, 9.17) is 14.6 Å². The lowest BCUT2D eigenvalue weighted by molar-refractivity contribution is -0.136. The second kappa shape index (κ2) is 5.39. The van der Waals surface area contributed by atoms with Crippen molar-refractivity contribution in [2.24, 2.45) is 0 Å². The number of carbonyl (C=O) groups is 1. The van der Waals surface area contributed by atoms with Gasteiger partial charge in [-0.25, -0.2) is 0 Å². The Balaban J connectivity index is 2.97. The van der Waals surface area contributed by atoms with Crippen LogP contribution in [0.4, 0.5) is 0 Å². The van der Waals surface area contributed by atoms with Crippen LogP contribution in [0.15, 0.2) is 12.1 Å². The van der Waals surface area contributed by atoms with Crippen molar-refractivity contribution in [3.05, 3.63) is 23.3 Å². The number of carboxylic acid groups (broad SMARTS) is 1. The number of benzene rings is 1. The van der Waals surface area contributed by atoms with E-state index in [1.165, 1.54) is 0 Å². The fraction of sp³-hybridized carbons (Fsp3) is 0.417. The molecule has 1 aromatic carbocycles. The van der Waals surface area contributed by atoms with Crippen molar-refractivity contribution in [3.63, 3.8) is 0 Å². The Bertz CT molecular complexity index is 360. The third-order valence-electron chi connectivity index (χ3n) is 2.44. The standard InChI is InChI=1S/C12H16O4/c1-8-10(15-2)6-9(4-5-12(13)14)7-11(8)16-3/h6-7H,4-5H2,1-3H3,(H,13,14). The van der Waals surface area contributed by atoms with Crippen LogP contribution in [0.1, 0.15) is 17.5 Å². The predicted octanol–water partition coefficient (Wildman–Crippen LogP) is 2.03. The quantitative estimate of drug-likeness (QED) is 0.831. The molecule has 0 bridgehead atoms. The van der Waals surface area contributed by atoms with E-state index >= 15 is 0 Å². The van der Waals surface area contributed by atoms with Gasteiger partial charge in [0, 0.05) is 12.0 Å². The summed E-state index contributed by atoms with van der Waals surface area (Å²) < 4.78 is 10.4. The minimum Gasteiger partial charge on any atom is -0.496 e. The number of ether oxygens (including phenoxy) is 2. The van der Waals surface area contributed by atoms with E-state index in [0.717, 1.165) is 22.6 Å². The van der Waals surface area contributed by atoms with Gasteiger partial charge >= 0.3 is 5.97 Å². The van der Waals surface area contributed by atoms with Crippen molar-refractivity contribution in [2.75, 3.05) is 14.2 Å². The summed E-state index contributed by atoms with van der Waals surface area (Å²) in [4.78, 5) is 10.5. The molecule has 0 heterocycles. The Morgan fingerprint density at radius 3 is 2.12 bits per heavy atom. The molecular weight excluding hydrogens is 208 g/mol. The number of hydrogen-bond donors (Lipinski definition) is 1. The molecule has 0 aliphatic heterocycles. The first-order chi connectivity index (χ1) is 7.58. The summed E-state index contributed by atoms with van der Waals surface area (Å²) >= 11 is 0. The molecule has 0 amide bonds. The first kappa shape index (κ1) is 12.4. The lowest BCUT2D eigenvalue weighted by Crippen LogP contribution is -2.00. The zero-order valence-corrected chi connectivity index (χ0v) is 9.74. The van der Waals surface area contributed by atoms with Gasteiger partial charge in [0.25, 0.3) is 0 Å². The minimum absolute atomic E-state index is 0.107. The smallest absolute Gasteiger partial charge is 0.303 e. The highest BCUT2D eigenvalue weighted by Gasteiger charge is 2.09. The monoisotopic (exact) mass is 224 g/mol. The third kappa shape index (κ3) is 2.89. The molecule has 1 rings (SSSR count). The Kier molecular flexibility index (Phi) is 4.17. The fourth-order valence-electron chi connectivity index (χ4n) is 1.54. The summed E-state index contributed by atoms with van der Waals surface area (Å²) in [5, 5.41) is 8.62. The maximum absolute atomic E-state index is 10.5. The molecule has 0 spiro atoms. The highest BCUT2D eigenvalue weighted by molar-refractivity contribution is 5.67. The highest BCUT2D eigenvalue weighted by atomic mass is 16.5. The van der Waals surface area contributed by atoms with Crippen LogP contribution in [0, 0.1) is 6.92 Å². The molecule has 0 fully saturated rings. The van der Waals surface area contributed by atoms with Gasteiger partial charge in [0.2, 0.25) is 0 Å². The molecule has 0 aliphatic carbocycles. The Morgan fingerprint density at radius 1 is 1.25 bits per heavy atom. The lowest BCUT2D eigenvalue weighted by atomic mass is 10.1. The Morgan fingerprint density at radius 2 is 1.75 bits per heavy atom. The minimum atomic E-state index is -0.807. The van der Waals surface area contributed by atoms with Gasteiger partial charge in [-0.05, 0) is 31.0 Å². The van der Waals surface area contributed by atoms with Gasteiger partial charge in [-0.2, -0.15) is 0 Å². The van der Waals surface area contributed by atoms with Gasteiger partial charge < -0.3 is 14.6 Å². The molecule has 0 saturated carbocycles. The van der Waals surface area contributed by atoms with E-state index in [0.29, 0.717) is 6.42 Å². The van der Waals surface area contributed by atoms with Gasteiger partial charge in [-0.15, -0.1) is 0 Å². The summed E-state index contributed by atoms with van der Waals surface area (Å²) in [6, 6.07) is 3.70. The van der Waals surface area contributed by atoms with E-state index < -0.39 is 5.97 Å². The van der Waals surface area contributed by atoms with Crippen molar-refractivity contribution in [3.8, 4) is 11.5 Å². The molecule has 0 radical (unpaired) electrons. The first-order valence-electron chi connectivity index (χ1n) is 5.01. The van der Waals surface area contributed by atoms with Gasteiger partial charge in [0.1, 0.15) is 11.5 Å².